The number of aliphatic hydroxyl groups excluding tert-OH is 1. The number of rotatable bonds is 90. The van der Waals surface area contributed by atoms with Gasteiger partial charge in [0.05, 0.1) is 26.4 Å². The predicted molar refractivity (Wildman–Crippen MR) is 446 cm³/mol. The minimum absolute atomic E-state index is 0.110. The van der Waals surface area contributed by atoms with Crippen LogP contribution in [-0.2, 0) is 65.4 Å². The Morgan fingerprint density at radius 3 is 0.546 bits per heavy atom. The van der Waals surface area contributed by atoms with Crippen molar-refractivity contribution < 1.29 is 80.2 Å². The summed E-state index contributed by atoms with van der Waals surface area (Å²) >= 11 is 0. The molecule has 0 radical (unpaired) electrons. The average Bonchev–Trinajstić information content (AvgIpc) is 0.905. The first kappa shape index (κ1) is 106. The zero-order valence-electron chi connectivity index (χ0n) is 70.8. The van der Waals surface area contributed by atoms with Gasteiger partial charge in [-0.3, -0.25) is 37.3 Å². The molecule has 0 bridgehead atoms. The predicted octanol–water partition coefficient (Wildman–Crippen LogP) is 27.7. The zero-order chi connectivity index (χ0) is 78.9. The number of hydrogen-bond donors (Lipinski definition) is 3. The summed E-state index contributed by atoms with van der Waals surface area (Å²) in [6.07, 6.45) is 79.2. The molecule has 19 heteroatoms. The molecule has 642 valence electrons. The van der Waals surface area contributed by atoms with Gasteiger partial charge in [-0.1, -0.05) is 439 Å². The maximum Gasteiger partial charge on any atom is 0.472 e. The summed E-state index contributed by atoms with van der Waals surface area (Å²) in [4.78, 5) is 73.3. The Bertz CT molecular complexity index is 2030. The molecule has 0 fully saturated rings. The van der Waals surface area contributed by atoms with Crippen molar-refractivity contribution in [2.24, 2.45) is 0 Å². The lowest BCUT2D eigenvalue weighted by Crippen LogP contribution is -2.30. The van der Waals surface area contributed by atoms with E-state index in [0.717, 1.165) is 89.9 Å². The first-order valence-electron chi connectivity index (χ1n) is 46.3. The lowest BCUT2D eigenvalue weighted by atomic mass is 10.0. The molecule has 0 aliphatic rings. The monoisotopic (exact) mass is 1580 g/mol. The van der Waals surface area contributed by atoms with Crippen molar-refractivity contribution in [3.63, 3.8) is 0 Å². The SMILES string of the molecule is CCCCCCCCCCCCCCCCCCCCCC(=O)OC[C@H](COP(=O)(O)OCC(O)COP(=O)(O)OC[C@@H](COC(=O)CCCCCCCCCCCCC)OC(=O)CCCCCCCCCCCCCCCCCCCCC)OC(=O)CCCCCCCCCCCCCCCCCCCCC. The number of ether oxygens (including phenoxy) is 4. The number of hydrogen-bond acceptors (Lipinski definition) is 15. The van der Waals surface area contributed by atoms with Crippen molar-refractivity contribution in [1.29, 1.82) is 0 Å². The Labute approximate surface area is 664 Å². The van der Waals surface area contributed by atoms with E-state index in [-0.39, 0.29) is 25.7 Å². The van der Waals surface area contributed by atoms with E-state index in [4.69, 9.17) is 37.0 Å². The van der Waals surface area contributed by atoms with Gasteiger partial charge in [-0.2, -0.15) is 0 Å². The Morgan fingerprint density at radius 1 is 0.222 bits per heavy atom. The lowest BCUT2D eigenvalue weighted by Gasteiger charge is -2.21. The number of carbonyl (C=O) groups is 4. The third-order valence-corrected chi connectivity index (χ3v) is 23.0. The molecule has 3 unspecified atom stereocenters. The Morgan fingerprint density at radius 2 is 0.370 bits per heavy atom. The fraction of sp³-hybridized carbons (Fsp3) is 0.955. The first-order valence-corrected chi connectivity index (χ1v) is 49.3. The largest absolute Gasteiger partial charge is 0.472 e. The third kappa shape index (κ3) is 82.1. The molecule has 0 spiro atoms. The van der Waals surface area contributed by atoms with Crippen LogP contribution in [0, 0.1) is 0 Å². The van der Waals surface area contributed by atoms with Crippen LogP contribution in [0.1, 0.15) is 490 Å². The minimum Gasteiger partial charge on any atom is -0.462 e. The summed E-state index contributed by atoms with van der Waals surface area (Å²) in [5.74, 6) is -2.09. The smallest absolute Gasteiger partial charge is 0.462 e. The molecule has 5 atom stereocenters. The summed E-state index contributed by atoms with van der Waals surface area (Å²) in [6, 6.07) is 0. The number of unbranched alkanes of at least 4 members (excludes halogenated alkanes) is 64. The summed E-state index contributed by atoms with van der Waals surface area (Å²) in [7, 11) is -9.93. The number of phosphoric acid groups is 2. The van der Waals surface area contributed by atoms with Gasteiger partial charge in [-0.05, 0) is 25.7 Å². The molecule has 3 N–H and O–H groups in total. The molecule has 108 heavy (non-hydrogen) atoms. The fourth-order valence-electron chi connectivity index (χ4n) is 14.1. The zero-order valence-corrected chi connectivity index (χ0v) is 72.6. The summed E-state index contributed by atoms with van der Waals surface area (Å²) < 4.78 is 69.0. The maximum atomic E-state index is 13.2. The lowest BCUT2D eigenvalue weighted by molar-refractivity contribution is -0.161. The van der Waals surface area contributed by atoms with E-state index in [1.165, 1.54) is 321 Å². The molecule has 0 amide bonds. The van der Waals surface area contributed by atoms with Crippen molar-refractivity contribution >= 4 is 39.5 Å². The second-order valence-corrected chi connectivity index (χ2v) is 34.9. The van der Waals surface area contributed by atoms with Gasteiger partial charge in [-0.15, -0.1) is 0 Å². The third-order valence-electron chi connectivity index (χ3n) is 21.1. The van der Waals surface area contributed by atoms with Gasteiger partial charge in [-0.25, -0.2) is 9.13 Å². The number of phosphoric ester groups is 2. The highest BCUT2D eigenvalue weighted by Crippen LogP contribution is 2.45. The normalized spacial score (nSPS) is 13.7. The van der Waals surface area contributed by atoms with Crippen molar-refractivity contribution in [3.8, 4) is 0 Å². The molecule has 0 rings (SSSR count). The van der Waals surface area contributed by atoms with Crippen LogP contribution in [0.15, 0.2) is 0 Å². The molecule has 17 nitrogen and oxygen atoms in total. The van der Waals surface area contributed by atoms with Crippen LogP contribution < -0.4 is 0 Å². The summed E-state index contributed by atoms with van der Waals surface area (Å²) in [5.41, 5.74) is 0. The molecule has 0 aliphatic heterocycles. The number of carbonyl (C=O) groups excluding carboxylic acids is 4. The van der Waals surface area contributed by atoms with Crippen molar-refractivity contribution in [1.82, 2.24) is 0 Å². The Kier molecular flexibility index (Phi) is 81.5. The van der Waals surface area contributed by atoms with Crippen molar-refractivity contribution in [2.75, 3.05) is 39.6 Å². The van der Waals surface area contributed by atoms with Crippen LogP contribution in [0.4, 0.5) is 0 Å². The van der Waals surface area contributed by atoms with E-state index in [0.29, 0.717) is 25.7 Å². The van der Waals surface area contributed by atoms with Crippen LogP contribution in [0.5, 0.6) is 0 Å². The Hall–Kier alpha value is -1.94. The summed E-state index contributed by atoms with van der Waals surface area (Å²) in [5, 5.41) is 10.7. The average molecular weight is 1580 g/mol. The van der Waals surface area contributed by atoms with Gasteiger partial charge < -0.3 is 33.8 Å². The van der Waals surface area contributed by atoms with E-state index in [9.17, 15) is 43.2 Å². The van der Waals surface area contributed by atoms with Crippen LogP contribution in [0.25, 0.3) is 0 Å². The van der Waals surface area contributed by atoms with Gasteiger partial charge in [0.1, 0.15) is 19.3 Å². The number of aliphatic hydroxyl groups is 1. The first-order chi connectivity index (χ1) is 52.7. The molecular weight excluding hydrogens is 1400 g/mol. The van der Waals surface area contributed by atoms with Crippen molar-refractivity contribution in [3.05, 3.63) is 0 Å². The number of esters is 4. The van der Waals surface area contributed by atoms with E-state index in [1.807, 2.05) is 0 Å². The highest BCUT2D eigenvalue weighted by molar-refractivity contribution is 7.47. The van der Waals surface area contributed by atoms with Gasteiger partial charge in [0, 0.05) is 25.7 Å². The molecule has 0 aromatic heterocycles. The van der Waals surface area contributed by atoms with Gasteiger partial charge in [0.15, 0.2) is 12.2 Å². The quantitative estimate of drug-likeness (QED) is 0.0222. The van der Waals surface area contributed by atoms with Crippen LogP contribution in [-0.4, -0.2) is 96.7 Å². The van der Waals surface area contributed by atoms with E-state index in [2.05, 4.69) is 27.7 Å². The maximum absolute atomic E-state index is 13.2. The van der Waals surface area contributed by atoms with E-state index >= 15 is 0 Å². The van der Waals surface area contributed by atoms with Crippen LogP contribution in [0.3, 0.4) is 0 Å². The molecule has 0 saturated carbocycles. The van der Waals surface area contributed by atoms with Gasteiger partial charge >= 0.3 is 39.5 Å². The minimum atomic E-state index is -4.97. The van der Waals surface area contributed by atoms with Crippen LogP contribution >= 0.6 is 15.6 Å². The van der Waals surface area contributed by atoms with Crippen LogP contribution in [0.2, 0.25) is 0 Å². The fourth-order valence-corrected chi connectivity index (χ4v) is 15.6. The van der Waals surface area contributed by atoms with E-state index in [1.54, 1.807) is 0 Å². The molecule has 0 aromatic rings. The standard InChI is InChI=1S/C89H174O17P2/c1-5-9-13-17-21-25-29-32-35-38-41-44-47-50-54-58-62-66-70-74-87(92)100-80-85(106-89(94)76-72-68-64-60-56-52-49-46-43-40-37-34-31-27-23-19-15-11-7-3)82-104-108(97,98)102-78-83(90)77-101-107(95,96)103-81-84(79-99-86(91)73-69-65-61-57-53-28-24-20-16-12-8-4)105-88(93)75-71-67-63-59-55-51-48-45-42-39-36-33-30-26-22-18-14-10-6-2/h83-85,90H,5-82H2,1-4H3,(H,95,96)(H,97,98)/t83?,84-,85-/m1/s1. The Balaban J connectivity index is 5.23. The highest BCUT2D eigenvalue weighted by atomic mass is 31.2. The molecule has 0 aliphatic carbocycles. The summed E-state index contributed by atoms with van der Waals surface area (Å²) in [6.45, 7) is 5.08. The van der Waals surface area contributed by atoms with E-state index < -0.39 is 97.5 Å². The van der Waals surface area contributed by atoms with Crippen molar-refractivity contribution in [2.45, 2.75) is 508 Å². The van der Waals surface area contributed by atoms with Gasteiger partial charge in [0.2, 0.25) is 0 Å². The molecule has 0 heterocycles. The van der Waals surface area contributed by atoms with Gasteiger partial charge in [0.25, 0.3) is 0 Å². The topological polar surface area (TPSA) is 237 Å². The molecule has 0 saturated heterocycles. The molecular formula is C89H174O17P2. The highest BCUT2D eigenvalue weighted by Gasteiger charge is 2.30. The molecule has 0 aromatic carbocycles. The second kappa shape index (κ2) is 83.0. The second-order valence-electron chi connectivity index (χ2n) is 32.0.